The van der Waals surface area contributed by atoms with Crippen molar-refractivity contribution < 1.29 is 27.5 Å². The van der Waals surface area contributed by atoms with Gasteiger partial charge in [-0.3, -0.25) is 9.59 Å². The summed E-state index contributed by atoms with van der Waals surface area (Å²) in [6.45, 7) is 0.341. The number of rotatable bonds is 7. The van der Waals surface area contributed by atoms with E-state index in [0.717, 1.165) is 0 Å². The van der Waals surface area contributed by atoms with E-state index in [1.165, 1.54) is 62.0 Å². The number of carbonyl (C=O) groups excluding carboxylic acids is 2. The van der Waals surface area contributed by atoms with Crippen LogP contribution in [0.15, 0.2) is 41.3 Å². The predicted molar refractivity (Wildman–Crippen MR) is 125 cm³/mol. The molecule has 2 aromatic rings. The molecule has 9 nitrogen and oxygen atoms in total. The summed E-state index contributed by atoms with van der Waals surface area (Å²) in [7, 11) is 0.602. The molecule has 2 N–H and O–H groups in total. The van der Waals surface area contributed by atoms with Gasteiger partial charge in [0.25, 0.3) is 5.91 Å². The Kier molecular flexibility index (Phi) is 7.83. The van der Waals surface area contributed by atoms with Gasteiger partial charge in [0, 0.05) is 31.2 Å². The minimum atomic E-state index is -3.77. The lowest BCUT2D eigenvalue weighted by Gasteiger charge is -2.31. The van der Waals surface area contributed by atoms with Crippen molar-refractivity contribution in [2.24, 2.45) is 5.92 Å². The lowest BCUT2D eigenvalue weighted by Crippen LogP contribution is -2.43. The van der Waals surface area contributed by atoms with Crippen LogP contribution in [0.5, 0.6) is 11.5 Å². The van der Waals surface area contributed by atoms with E-state index < -0.39 is 21.8 Å². The highest BCUT2D eigenvalue weighted by molar-refractivity contribution is 7.89. The van der Waals surface area contributed by atoms with Crippen molar-refractivity contribution in [1.29, 1.82) is 0 Å². The highest BCUT2D eigenvalue weighted by Crippen LogP contribution is 2.34. The number of hydrogen-bond donors (Lipinski definition) is 2. The first-order chi connectivity index (χ1) is 15.7. The number of nitrogens with zero attached hydrogens (tertiary/aromatic N) is 1. The standard InChI is InChI=1S/C22H26ClN3O6S/c1-24-22(28)17-11-19(31-2)20(32-3)12-18(17)25-21(27)14-5-4-10-26(13-14)33(29,30)16-8-6-15(23)7-9-16/h6-9,11-12,14H,4-5,10,13H2,1-3H3,(H,24,28)(H,25,27). The van der Waals surface area contributed by atoms with Gasteiger partial charge < -0.3 is 20.1 Å². The van der Waals surface area contributed by atoms with Crippen LogP contribution in [0, 0.1) is 5.92 Å². The van der Waals surface area contributed by atoms with Crippen molar-refractivity contribution in [1.82, 2.24) is 9.62 Å². The number of methoxy groups -OCH3 is 2. The molecule has 3 rings (SSSR count). The maximum Gasteiger partial charge on any atom is 0.253 e. The summed E-state index contributed by atoms with van der Waals surface area (Å²) < 4.78 is 37.9. The lowest BCUT2D eigenvalue weighted by atomic mass is 9.98. The summed E-state index contributed by atoms with van der Waals surface area (Å²) in [5.41, 5.74) is 0.444. The minimum Gasteiger partial charge on any atom is -0.493 e. The topological polar surface area (TPSA) is 114 Å². The fraction of sp³-hybridized carbons (Fsp3) is 0.364. The third kappa shape index (κ3) is 5.40. The molecule has 33 heavy (non-hydrogen) atoms. The molecule has 2 aromatic carbocycles. The van der Waals surface area contributed by atoms with Crippen molar-refractivity contribution in [3.8, 4) is 11.5 Å². The van der Waals surface area contributed by atoms with Gasteiger partial charge in [-0.2, -0.15) is 4.31 Å². The maximum absolute atomic E-state index is 13.1. The third-order valence-corrected chi connectivity index (χ3v) is 7.59. The highest BCUT2D eigenvalue weighted by Gasteiger charge is 2.34. The number of hydrogen-bond acceptors (Lipinski definition) is 6. The second kappa shape index (κ2) is 10.4. The van der Waals surface area contributed by atoms with Crippen molar-refractivity contribution in [3.63, 3.8) is 0 Å². The number of anilines is 1. The first kappa shape index (κ1) is 24.8. The van der Waals surface area contributed by atoms with Gasteiger partial charge in [-0.1, -0.05) is 11.6 Å². The molecule has 1 saturated heterocycles. The van der Waals surface area contributed by atoms with Crippen molar-refractivity contribution in [2.45, 2.75) is 17.7 Å². The van der Waals surface area contributed by atoms with Crippen LogP contribution in [0.1, 0.15) is 23.2 Å². The molecule has 1 fully saturated rings. The fourth-order valence-electron chi connectivity index (χ4n) is 3.67. The monoisotopic (exact) mass is 495 g/mol. The van der Waals surface area contributed by atoms with E-state index in [0.29, 0.717) is 35.9 Å². The van der Waals surface area contributed by atoms with Gasteiger partial charge in [-0.15, -0.1) is 0 Å². The summed E-state index contributed by atoms with van der Waals surface area (Å²) in [6.07, 6.45) is 1.04. The SMILES string of the molecule is CNC(=O)c1cc(OC)c(OC)cc1NC(=O)C1CCCN(S(=O)(=O)c2ccc(Cl)cc2)C1. The Morgan fingerprint density at radius 3 is 2.33 bits per heavy atom. The van der Waals surface area contributed by atoms with Crippen LogP contribution in [0.4, 0.5) is 5.69 Å². The van der Waals surface area contributed by atoms with Gasteiger partial charge in [0.15, 0.2) is 11.5 Å². The predicted octanol–water partition coefficient (Wildman–Crippen LogP) is 2.76. The minimum absolute atomic E-state index is 0.0272. The Hall–Kier alpha value is -2.82. The molecule has 1 aliphatic heterocycles. The zero-order valence-electron chi connectivity index (χ0n) is 18.6. The molecule has 0 spiro atoms. The van der Waals surface area contributed by atoms with E-state index in [-0.39, 0.29) is 28.6 Å². The largest absolute Gasteiger partial charge is 0.493 e. The van der Waals surface area contributed by atoms with Gasteiger partial charge in [0.05, 0.1) is 36.3 Å². The average molecular weight is 496 g/mol. The number of nitrogens with one attached hydrogen (secondary N) is 2. The number of benzene rings is 2. The maximum atomic E-state index is 13.1. The molecule has 1 heterocycles. The number of carbonyl (C=O) groups is 2. The van der Waals surface area contributed by atoms with Crippen LogP contribution < -0.4 is 20.1 Å². The van der Waals surface area contributed by atoms with E-state index in [9.17, 15) is 18.0 Å². The Bertz CT molecular complexity index is 1140. The highest BCUT2D eigenvalue weighted by atomic mass is 35.5. The summed E-state index contributed by atoms with van der Waals surface area (Å²) in [6, 6.07) is 8.90. The van der Waals surface area contributed by atoms with Crippen LogP contribution in [-0.4, -0.2) is 58.9 Å². The normalized spacial score (nSPS) is 16.7. The first-order valence-corrected chi connectivity index (χ1v) is 12.1. The van der Waals surface area contributed by atoms with E-state index in [2.05, 4.69) is 10.6 Å². The van der Waals surface area contributed by atoms with Crippen LogP contribution >= 0.6 is 11.6 Å². The number of ether oxygens (including phenoxy) is 2. The Morgan fingerprint density at radius 2 is 1.73 bits per heavy atom. The van der Waals surface area contributed by atoms with E-state index in [4.69, 9.17) is 21.1 Å². The van der Waals surface area contributed by atoms with Crippen LogP contribution in [-0.2, 0) is 14.8 Å². The number of amides is 2. The van der Waals surface area contributed by atoms with Gasteiger partial charge in [0.2, 0.25) is 15.9 Å². The van der Waals surface area contributed by atoms with Gasteiger partial charge in [-0.05, 0) is 43.2 Å². The summed E-state index contributed by atoms with van der Waals surface area (Å²) in [4.78, 5) is 25.6. The van der Waals surface area contributed by atoms with Gasteiger partial charge in [0.1, 0.15) is 0 Å². The number of sulfonamides is 1. The van der Waals surface area contributed by atoms with Crippen molar-refractivity contribution in [2.75, 3.05) is 39.7 Å². The van der Waals surface area contributed by atoms with Crippen LogP contribution in [0.25, 0.3) is 0 Å². The molecule has 0 saturated carbocycles. The number of halogens is 1. The molecule has 2 amide bonds. The Balaban J connectivity index is 1.83. The Morgan fingerprint density at radius 1 is 1.09 bits per heavy atom. The quantitative estimate of drug-likeness (QED) is 0.610. The molecule has 1 aliphatic rings. The fourth-order valence-corrected chi connectivity index (χ4v) is 5.32. The zero-order chi connectivity index (χ0) is 24.2. The molecular weight excluding hydrogens is 470 g/mol. The Labute approximate surface area is 198 Å². The summed E-state index contributed by atoms with van der Waals surface area (Å²) >= 11 is 5.87. The van der Waals surface area contributed by atoms with Crippen molar-refractivity contribution in [3.05, 3.63) is 47.0 Å². The van der Waals surface area contributed by atoms with E-state index in [1.54, 1.807) is 0 Å². The first-order valence-electron chi connectivity index (χ1n) is 10.3. The molecule has 178 valence electrons. The molecular formula is C22H26ClN3O6S. The zero-order valence-corrected chi connectivity index (χ0v) is 20.1. The summed E-state index contributed by atoms with van der Waals surface area (Å²) in [5, 5.41) is 5.73. The summed E-state index contributed by atoms with van der Waals surface area (Å²) in [5.74, 6) is -0.709. The van der Waals surface area contributed by atoms with E-state index in [1.807, 2.05) is 0 Å². The second-order valence-electron chi connectivity index (χ2n) is 7.48. The van der Waals surface area contributed by atoms with Gasteiger partial charge in [-0.25, -0.2) is 8.42 Å². The molecule has 0 bridgehead atoms. The average Bonchev–Trinajstić information content (AvgIpc) is 2.83. The smallest absolute Gasteiger partial charge is 0.253 e. The van der Waals surface area contributed by atoms with Gasteiger partial charge >= 0.3 is 0 Å². The van der Waals surface area contributed by atoms with E-state index >= 15 is 0 Å². The molecule has 0 aliphatic carbocycles. The molecule has 1 unspecified atom stereocenters. The van der Waals surface area contributed by atoms with Crippen molar-refractivity contribution >= 4 is 39.1 Å². The molecule has 11 heteroatoms. The third-order valence-electron chi connectivity index (χ3n) is 5.46. The van der Waals surface area contributed by atoms with Crippen LogP contribution in [0.3, 0.4) is 0 Å². The number of piperidine rings is 1. The molecule has 0 aromatic heterocycles. The molecule has 0 radical (unpaired) electrons. The second-order valence-corrected chi connectivity index (χ2v) is 9.85. The molecule has 1 atom stereocenters. The lowest BCUT2D eigenvalue weighted by molar-refractivity contribution is -0.120. The van der Waals surface area contributed by atoms with Crippen LogP contribution in [0.2, 0.25) is 5.02 Å².